The highest BCUT2D eigenvalue weighted by atomic mass is 16.5. The van der Waals surface area contributed by atoms with Crippen molar-refractivity contribution in [2.75, 3.05) is 13.7 Å². The van der Waals surface area contributed by atoms with Crippen LogP contribution in [0.2, 0.25) is 0 Å². The minimum Gasteiger partial charge on any atom is -0.495 e. The molecule has 17 heavy (non-hydrogen) atoms. The lowest BCUT2D eigenvalue weighted by atomic mass is 9.98. The van der Waals surface area contributed by atoms with Gasteiger partial charge in [0.1, 0.15) is 5.75 Å². The zero-order valence-electron chi connectivity index (χ0n) is 10.9. The first-order valence-corrected chi connectivity index (χ1v) is 5.93. The Hall–Kier alpha value is -1.48. The Labute approximate surface area is 102 Å². The summed E-state index contributed by atoms with van der Waals surface area (Å²) in [5.74, 6) is 1.29. The van der Waals surface area contributed by atoms with Crippen molar-refractivity contribution >= 4 is 10.9 Å². The second-order valence-corrected chi connectivity index (χ2v) is 4.55. The highest BCUT2D eigenvalue weighted by Crippen LogP contribution is 2.35. The van der Waals surface area contributed by atoms with E-state index in [0.29, 0.717) is 12.5 Å². The van der Waals surface area contributed by atoms with Gasteiger partial charge in [0.25, 0.3) is 0 Å². The molecule has 1 atom stereocenters. The van der Waals surface area contributed by atoms with Crippen LogP contribution in [0.25, 0.3) is 10.9 Å². The topological polar surface area (TPSA) is 40.2 Å². The molecule has 3 nitrogen and oxygen atoms in total. The molecule has 0 radical (unpaired) electrons. The van der Waals surface area contributed by atoms with Crippen molar-refractivity contribution in [2.45, 2.75) is 19.8 Å². The van der Waals surface area contributed by atoms with E-state index in [-0.39, 0.29) is 0 Å². The van der Waals surface area contributed by atoms with Gasteiger partial charge < -0.3 is 15.0 Å². The molecule has 0 aliphatic rings. The highest BCUT2D eigenvalue weighted by Gasteiger charge is 2.18. The molecule has 0 bridgehead atoms. The molecule has 1 aromatic carbocycles. The first kappa shape index (κ1) is 12.0. The molecule has 1 aromatic heterocycles. The minimum atomic E-state index is 0.366. The quantitative estimate of drug-likeness (QED) is 0.883. The lowest BCUT2D eigenvalue weighted by Gasteiger charge is -2.09. The Kier molecular flexibility index (Phi) is 3.11. The number of methoxy groups -OCH3 is 1. The number of nitrogens with zero attached hydrogens (tertiary/aromatic N) is 1. The Morgan fingerprint density at radius 3 is 2.71 bits per heavy atom. The van der Waals surface area contributed by atoms with Crippen LogP contribution in [-0.2, 0) is 7.05 Å². The highest BCUT2D eigenvalue weighted by molar-refractivity contribution is 5.90. The van der Waals surface area contributed by atoms with Gasteiger partial charge in [-0.05, 0) is 31.0 Å². The molecule has 0 saturated heterocycles. The van der Waals surface area contributed by atoms with Crippen LogP contribution in [0.1, 0.15) is 24.1 Å². The van der Waals surface area contributed by atoms with Gasteiger partial charge in [0.05, 0.1) is 12.6 Å². The smallest absolute Gasteiger partial charge is 0.143 e. The lowest BCUT2D eigenvalue weighted by Crippen LogP contribution is -2.09. The van der Waals surface area contributed by atoms with Crippen molar-refractivity contribution in [1.82, 2.24) is 4.57 Å². The summed E-state index contributed by atoms with van der Waals surface area (Å²) in [5, 5.41) is 1.25. The summed E-state index contributed by atoms with van der Waals surface area (Å²) >= 11 is 0. The Morgan fingerprint density at radius 2 is 2.12 bits per heavy atom. The van der Waals surface area contributed by atoms with Crippen LogP contribution in [0.3, 0.4) is 0 Å². The molecule has 2 rings (SSSR count). The molecule has 0 amide bonds. The average molecular weight is 232 g/mol. The minimum absolute atomic E-state index is 0.366. The van der Waals surface area contributed by atoms with E-state index in [2.05, 4.69) is 31.5 Å². The van der Waals surface area contributed by atoms with Crippen molar-refractivity contribution in [3.63, 3.8) is 0 Å². The maximum Gasteiger partial charge on any atom is 0.143 e. The Bertz CT molecular complexity index is 543. The molecule has 0 saturated carbocycles. The lowest BCUT2D eigenvalue weighted by molar-refractivity contribution is 0.418. The van der Waals surface area contributed by atoms with Crippen molar-refractivity contribution < 1.29 is 4.74 Å². The SMILES string of the molecule is COc1cccc2c(C(C)CN)c(C)n(C)c12. The summed E-state index contributed by atoms with van der Waals surface area (Å²) in [4.78, 5) is 0. The van der Waals surface area contributed by atoms with Crippen LogP contribution < -0.4 is 10.5 Å². The molecule has 0 fully saturated rings. The predicted octanol–water partition coefficient (Wildman–Crippen LogP) is 2.56. The molecular weight excluding hydrogens is 212 g/mol. The van der Waals surface area contributed by atoms with Gasteiger partial charge in [0.2, 0.25) is 0 Å². The van der Waals surface area contributed by atoms with E-state index in [1.807, 2.05) is 12.1 Å². The van der Waals surface area contributed by atoms with Gasteiger partial charge in [-0.15, -0.1) is 0 Å². The third kappa shape index (κ3) is 1.71. The van der Waals surface area contributed by atoms with Crippen LogP contribution >= 0.6 is 0 Å². The number of nitrogens with two attached hydrogens (primary N) is 1. The molecule has 92 valence electrons. The van der Waals surface area contributed by atoms with Crippen LogP contribution in [0.15, 0.2) is 18.2 Å². The first-order chi connectivity index (χ1) is 8.11. The molecule has 1 unspecified atom stereocenters. The molecule has 2 N–H and O–H groups in total. The van der Waals surface area contributed by atoms with E-state index in [9.17, 15) is 0 Å². The molecule has 3 heteroatoms. The van der Waals surface area contributed by atoms with Crippen LogP contribution in [0, 0.1) is 6.92 Å². The number of rotatable bonds is 3. The fourth-order valence-electron chi connectivity index (χ4n) is 2.53. The number of ether oxygens (including phenoxy) is 1. The number of aromatic nitrogens is 1. The van der Waals surface area contributed by atoms with Gasteiger partial charge in [-0.1, -0.05) is 19.1 Å². The number of hydrogen-bond acceptors (Lipinski definition) is 2. The number of fused-ring (bicyclic) bond motifs is 1. The molecule has 0 aliphatic heterocycles. The van der Waals surface area contributed by atoms with Gasteiger partial charge in [0.15, 0.2) is 0 Å². The van der Waals surface area contributed by atoms with E-state index >= 15 is 0 Å². The van der Waals surface area contributed by atoms with Gasteiger partial charge >= 0.3 is 0 Å². The number of hydrogen-bond donors (Lipinski definition) is 1. The predicted molar refractivity (Wildman–Crippen MR) is 71.7 cm³/mol. The van der Waals surface area contributed by atoms with E-state index in [1.54, 1.807) is 7.11 Å². The normalized spacial score (nSPS) is 13.0. The molecular formula is C14H20N2O. The van der Waals surface area contributed by atoms with Crippen molar-refractivity contribution in [3.05, 3.63) is 29.5 Å². The maximum absolute atomic E-state index is 5.80. The van der Waals surface area contributed by atoms with Crippen LogP contribution in [-0.4, -0.2) is 18.2 Å². The van der Waals surface area contributed by atoms with Crippen molar-refractivity contribution in [2.24, 2.45) is 12.8 Å². The summed E-state index contributed by atoms with van der Waals surface area (Å²) in [5.41, 5.74) is 9.56. The summed E-state index contributed by atoms with van der Waals surface area (Å²) in [7, 11) is 3.79. The third-order valence-corrected chi connectivity index (χ3v) is 3.58. The van der Waals surface area contributed by atoms with Gasteiger partial charge in [0, 0.05) is 18.1 Å². The van der Waals surface area contributed by atoms with Gasteiger partial charge in [-0.3, -0.25) is 0 Å². The fourth-order valence-corrected chi connectivity index (χ4v) is 2.53. The molecule has 0 aliphatic carbocycles. The van der Waals surface area contributed by atoms with Crippen LogP contribution in [0.4, 0.5) is 0 Å². The zero-order valence-corrected chi connectivity index (χ0v) is 10.9. The van der Waals surface area contributed by atoms with Crippen LogP contribution in [0.5, 0.6) is 5.75 Å². The van der Waals surface area contributed by atoms with Gasteiger partial charge in [-0.25, -0.2) is 0 Å². The standard InChI is InChI=1S/C14H20N2O/c1-9(8-15)13-10(2)16(3)14-11(13)6-5-7-12(14)17-4/h5-7,9H,8,15H2,1-4H3. The molecule has 2 aromatic rings. The van der Waals surface area contributed by atoms with Crippen molar-refractivity contribution in [1.29, 1.82) is 0 Å². The van der Waals surface area contributed by atoms with E-state index in [1.165, 1.54) is 16.6 Å². The number of aryl methyl sites for hydroxylation is 1. The van der Waals surface area contributed by atoms with Crippen molar-refractivity contribution in [3.8, 4) is 5.75 Å². The fraction of sp³-hybridized carbons (Fsp3) is 0.429. The van der Waals surface area contributed by atoms with E-state index in [0.717, 1.165) is 11.3 Å². The Morgan fingerprint density at radius 1 is 1.41 bits per heavy atom. The largest absolute Gasteiger partial charge is 0.495 e. The second-order valence-electron chi connectivity index (χ2n) is 4.55. The monoisotopic (exact) mass is 232 g/mol. The summed E-state index contributed by atoms with van der Waals surface area (Å²) < 4.78 is 7.63. The summed E-state index contributed by atoms with van der Waals surface area (Å²) in [6.07, 6.45) is 0. The summed E-state index contributed by atoms with van der Waals surface area (Å²) in [6.45, 7) is 4.97. The third-order valence-electron chi connectivity index (χ3n) is 3.58. The summed E-state index contributed by atoms with van der Waals surface area (Å²) in [6, 6.07) is 6.18. The number of benzene rings is 1. The van der Waals surface area contributed by atoms with E-state index in [4.69, 9.17) is 10.5 Å². The second kappa shape index (κ2) is 4.41. The maximum atomic E-state index is 5.80. The molecule has 0 spiro atoms. The van der Waals surface area contributed by atoms with Gasteiger partial charge in [-0.2, -0.15) is 0 Å². The Balaban J connectivity index is 2.82. The number of para-hydroxylation sites is 1. The zero-order chi connectivity index (χ0) is 12.6. The van der Waals surface area contributed by atoms with E-state index < -0.39 is 0 Å². The molecule has 1 heterocycles. The first-order valence-electron chi connectivity index (χ1n) is 5.93. The average Bonchev–Trinajstić information content (AvgIpc) is 2.61.